The molecule has 4 nitrogen and oxygen atoms in total. The molecule has 0 unspecified atom stereocenters. The molecule has 0 saturated heterocycles. The Morgan fingerprint density at radius 3 is 2.68 bits per heavy atom. The van der Waals surface area contributed by atoms with Gasteiger partial charge < -0.3 is 10.6 Å². The van der Waals surface area contributed by atoms with Crippen molar-refractivity contribution in [2.45, 2.75) is 13.8 Å². The molecule has 0 radical (unpaired) electrons. The molecule has 1 aromatic carbocycles. The summed E-state index contributed by atoms with van der Waals surface area (Å²) in [7, 11) is 1.80. The SMILES string of the molecule is CNc1cc(C)ccc1C(=O)Nc1ncccc1C. The Labute approximate surface area is 112 Å². The number of pyridine rings is 1. The van der Waals surface area contributed by atoms with E-state index in [0.29, 0.717) is 11.4 Å². The van der Waals surface area contributed by atoms with E-state index in [1.165, 1.54) is 0 Å². The quantitative estimate of drug-likeness (QED) is 0.886. The second-order valence-corrected chi connectivity index (χ2v) is 4.42. The largest absolute Gasteiger partial charge is 0.387 e. The first-order valence-corrected chi connectivity index (χ1v) is 6.13. The van der Waals surface area contributed by atoms with Crippen molar-refractivity contribution in [3.8, 4) is 0 Å². The molecule has 2 aromatic rings. The molecule has 0 spiro atoms. The molecule has 0 aliphatic rings. The third-order valence-electron chi connectivity index (χ3n) is 2.93. The standard InChI is InChI=1S/C15H17N3O/c1-10-6-7-12(13(9-10)16-3)15(19)18-14-11(2)5-4-8-17-14/h4-9,16H,1-3H3,(H,17,18,19). The van der Waals surface area contributed by atoms with E-state index in [0.717, 1.165) is 16.8 Å². The fourth-order valence-corrected chi connectivity index (χ4v) is 1.85. The zero-order valence-electron chi connectivity index (χ0n) is 11.3. The number of benzene rings is 1. The van der Waals surface area contributed by atoms with Crippen molar-refractivity contribution in [2.75, 3.05) is 17.7 Å². The van der Waals surface area contributed by atoms with Crippen LogP contribution in [0, 0.1) is 13.8 Å². The number of nitrogens with one attached hydrogen (secondary N) is 2. The smallest absolute Gasteiger partial charge is 0.258 e. The highest BCUT2D eigenvalue weighted by Gasteiger charge is 2.12. The van der Waals surface area contributed by atoms with Crippen molar-refractivity contribution in [1.29, 1.82) is 0 Å². The predicted octanol–water partition coefficient (Wildman–Crippen LogP) is 2.99. The Morgan fingerprint density at radius 1 is 1.21 bits per heavy atom. The lowest BCUT2D eigenvalue weighted by molar-refractivity contribution is 0.102. The monoisotopic (exact) mass is 255 g/mol. The van der Waals surface area contributed by atoms with Crippen LogP contribution in [0.4, 0.5) is 11.5 Å². The highest BCUT2D eigenvalue weighted by Crippen LogP contribution is 2.19. The predicted molar refractivity (Wildman–Crippen MR) is 77.7 cm³/mol. The first-order chi connectivity index (χ1) is 9.11. The van der Waals surface area contributed by atoms with Crippen LogP contribution in [-0.4, -0.2) is 17.9 Å². The number of aromatic nitrogens is 1. The van der Waals surface area contributed by atoms with Gasteiger partial charge in [-0.15, -0.1) is 0 Å². The first kappa shape index (κ1) is 13.1. The van der Waals surface area contributed by atoms with Gasteiger partial charge in [-0.25, -0.2) is 4.98 Å². The van der Waals surface area contributed by atoms with Crippen LogP contribution >= 0.6 is 0 Å². The van der Waals surface area contributed by atoms with Crippen LogP contribution in [0.1, 0.15) is 21.5 Å². The zero-order chi connectivity index (χ0) is 13.8. The maximum Gasteiger partial charge on any atom is 0.258 e. The molecule has 1 heterocycles. The van der Waals surface area contributed by atoms with Crippen LogP contribution < -0.4 is 10.6 Å². The number of nitrogens with zero attached hydrogens (tertiary/aromatic N) is 1. The maximum atomic E-state index is 12.3. The molecule has 4 heteroatoms. The summed E-state index contributed by atoms with van der Waals surface area (Å²) in [5, 5.41) is 5.87. The number of carbonyl (C=O) groups excluding carboxylic acids is 1. The number of amides is 1. The fraction of sp³-hybridized carbons (Fsp3) is 0.200. The van der Waals surface area contributed by atoms with Gasteiger partial charge in [0.2, 0.25) is 0 Å². The zero-order valence-corrected chi connectivity index (χ0v) is 11.3. The summed E-state index contributed by atoms with van der Waals surface area (Å²) in [5.74, 6) is 0.432. The molecule has 2 rings (SSSR count). The van der Waals surface area contributed by atoms with Crippen LogP contribution in [-0.2, 0) is 0 Å². The second kappa shape index (κ2) is 5.52. The van der Waals surface area contributed by atoms with Gasteiger partial charge in [0.05, 0.1) is 5.56 Å². The molecule has 2 N–H and O–H groups in total. The summed E-state index contributed by atoms with van der Waals surface area (Å²) in [6, 6.07) is 9.43. The van der Waals surface area contributed by atoms with E-state index in [4.69, 9.17) is 0 Å². The lowest BCUT2D eigenvalue weighted by Gasteiger charge is -2.11. The highest BCUT2D eigenvalue weighted by atomic mass is 16.1. The van der Waals surface area contributed by atoms with Crippen molar-refractivity contribution in [3.05, 3.63) is 53.2 Å². The van der Waals surface area contributed by atoms with E-state index in [2.05, 4.69) is 15.6 Å². The molecule has 0 fully saturated rings. The van der Waals surface area contributed by atoms with Crippen molar-refractivity contribution < 1.29 is 4.79 Å². The van der Waals surface area contributed by atoms with Crippen LogP contribution in [0.3, 0.4) is 0 Å². The van der Waals surface area contributed by atoms with Gasteiger partial charge in [-0.3, -0.25) is 4.79 Å². The maximum absolute atomic E-state index is 12.3. The molecule has 0 bridgehead atoms. The summed E-state index contributed by atoms with van der Waals surface area (Å²) < 4.78 is 0. The molecule has 0 aliphatic heterocycles. The van der Waals surface area contributed by atoms with Gasteiger partial charge in [0.25, 0.3) is 5.91 Å². The van der Waals surface area contributed by atoms with Gasteiger partial charge in [0.1, 0.15) is 5.82 Å². The topological polar surface area (TPSA) is 54.0 Å². The molecule has 0 saturated carbocycles. The number of aryl methyl sites for hydroxylation is 2. The Morgan fingerprint density at radius 2 is 2.00 bits per heavy atom. The van der Waals surface area contributed by atoms with E-state index in [-0.39, 0.29) is 5.91 Å². The Kier molecular flexibility index (Phi) is 3.80. The summed E-state index contributed by atoms with van der Waals surface area (Å²) in [4.78, 5) is 16.4. The van der Waals surface area contributed by atoms with Crippen molar-refractivity contribution in [1.82, 2.24) is 4.98 Å². The molecule has 0 atom stereocenters. The number of hydrogen-bond donors (Lipinski definition) is 2. The minimum absolute atomic E-state index is 0.161. The Bertz CT molecular complexity index is 608. The molecule has 0 aliphatic carbocycles. The van der Waals surface area contributed by atoms with Crippen molar-refractivity contribution >= 4 is 17.4 Å². The van der Waals surface area contributed by atoms with Crippen LogP contribution in [0.25, 0.3) is 0 Å². The third-order valence-corrected chi connectivity index (χ3v) is 2.93. The van der Waals surface area contributed by atoms with E-state index < -0.39 is 0 Å². The van der Waals surface area contributed by atoms with Crippen LogP contribution in [0.2, 0.25) is 0 Å². The lowest BCUT2D eigenvalue weighted by Crippen LogP contribution is -2.15. The summed E-state index contributed by atoms with van der Waals surface area (Å²) >= 11 is 0. The molecule has 1 aromatic heterocycles. The molecular weight excluding hydrogens is 238 g/mol. The van der Waals surface area contributed by atoms with E-state index in [9.17, 15) is 4.79 Å². The lowest BCUT2D eigenvalue weighted by atomic mass is 10.1. The Balaban J connectivity index is 2.28. The second-order valence-electron chi connectivity index (χ2n) is 4.42. The average Bonchev–Trinajstić information content (AvgIpc) is 2.41. The van der Waals surface area contributed by atoms with Gasteiger partial charge in [0.15, 0.2) is 0 Å². The summed E-state index contributed by atoms with van der Waals surface area (Å²) in [6.45, 7) is 3.90. The first-order valence-electron chi connectivity index (χ1n) is 6.13. The molecule has 98 valence electrons. The van der Waals surface area contributed by atoms with E-state index in [1.54, 1.807) is 13.2 Å². The average molecular weight is 255 g/mol. The Hall–Kier alpha value is -2.36. The summed E-state index contributed by atoms with van der Waals surface area (Å²) in [6.07, 6.45) is 1.66. The minimum Gasteiger partial charge on any atom is -0.387 e. The van der Waals surface area contributed by atoms with E-state index >= 15 is 0 Å². The highest BCUT2D eigenvalue weighted by molar-refractivity contribution is 6.07. The van der Waals surface area contributed by atoms with Crippen molar-refractivity contribution in [2.24, 2.45) is 0 Å². The molecule has 1 amide bonds. The van der Waals surface area contributed by atoms with Crippen LogP contribution in [0.15, 0.2) is 36.5 Å². The third kappa shape index (κ3) is 2.91. The number of rotatable bonds is 3. The van der Waals surface area contributed by atoms with Crippen molar-refractivity contribution in [3.63, 3.8) is 0 Å². The van der Waals surface area contributed by atoms with Gasteiger partial charge in [-0.1, -0.05) is 12.1 Å². The minimum atomic E-state index is -0.161. The summed E-state index contributed by atoms with van der Waals surface area (Å²) in [5.41, 5.74) is 3.47. The fourth-order valence-electron chi connectivity index (χ4n) is 1.85. The van der Waals surface area contributed by atoms with Gasteiger partial charge in [-0.05, 0) is 43.2 Å². The number of anilines is 2. The normalized spacial score (nSPS) is 10.1. The molecular formula is C15H17N3O. The van der Waals surface area contributed by atoms with Crippen LogP contribution in [0.5, 0.6) is 0 Å². The number of hydrogen-bond acceptors (Lipinski definition) is 3. The van der Waals surface area contributed by atoms with Gasteiger partial charge in [-0.2, -0.15) is 0 Å². The van der Waals surface area contributed by atoms with E-state index in [1.807, 2.05) is 44.2 Å². The molecule has 19 heavy (non-hydrogen) atoms. The van der Waals surface area contributed by atoms with Gasteiger partial charge >= 0.3 is 0 Å². The van der Waals surface area contributed by atoms with Gasteiger partial charge in [0, 0.05) is 18.9 Å². The number of carbonyl (C=O) groups is 1.